The number of aliphatic hydroxyl groups excluding tert-OH is 4. The number of aryl methyl sites for hydroxylation is 2. The van der Waals surface area contributed by atoms with Crippen LogP contribution in [0.3, 0.4) is 0 Å². The number of Topliss-reactive ketones (excluding diaryl/α,β-unsaturated/α-hetero) is 2. The lowest BCUT2D eigenvalue weighted by Crippen LogP contribution is -2.57. The normalized spacial score (nSPS) is 17.9. The van der Waals surface area contributed by atoms with Gasteiger partial charge in [-0.2, -0.15) is 0 Å². The number of carboxylic acids is 1. The number of rotatable bonds is 48. The maximum atomic E-state index is 14.0. The van der Waals surface area contributed by atoms with Gasteiger partial charge in [0.15, 0.2) is 11.6 Å². The minimum Gasteiger partial charge on any atom is -0.481 e. The molecule has 0 bridgehead atoms. The fourth-order valence-electron chi connectivity index (χ4n) is 18.9. The summed E-state index contributed by atoms with van der Waals surface area (Å²) in [6, 6.07) is 33.1. The molecule has 4 fully saturated rings. The molecular weight excluding hydrogens is 1850 g/mol. The minimum atomic E-state index is -0.865. The number of β-amino-alcohol motifs (C(OH)–C–C–N with tert-alkyl or cyclic N) is 4. The van der Waals surface area contributed by atoms with Crippen LogP contribution in [0.5, 0.6) is 0 Å². The molecule has 7 amide bonds. The van der Waals surface area contributed by atoms with Crippen molar-refractivity contribution in [3.8, 4) is 20.9 Å². The molecule has 0 radical (unpaired) electrons. The predicted molar refractivity (Wildman–Crippen MR) is 552 cm³/mol. The monoisotopic (exact) mass is 2000 g/mol. The molecule has 0 aliphatic carbocycles. The number of carbonyl (C=O) groups excluding carboxylic acids is 9. The maximum Gasteiger partial charge on any atom is 0.303 e. The van der Waals surface area contributed by atoms with Crippen molar-refractivity contribution < 1.29 is 73.5 Å². The molecule has 33 nitrogen and oxygen atoms in total. The highest BCUT2D eigenvalue weighted by Crippen LogP contribution is 2.34. The molecule has 14 rings (SSSR count). The van der Waals surface area contributed by atoms with Gasteiger partial charge in [0.2, 0.25) is 41.4 Å². The summed E-state index contributed by atoms with van der Waals surface area (Å²) < 4.78 is 0. The molecule has 12 N–H and O–H groups in total. The van der Waals surface area contributed by atoms with E-state index in [-0.39, 0.29) is 124 Å². The van der Waals surface area contributed by atoms with Gasteiger partial charge in [-0.3, -0.25) is 57.7 Å². The maximum absolute atomic E-state index is 14.0. The van der Waals surface area contributed by atoms with Gasteiger partial charge in [0, 0.05) is 155 Å². The largest absolute Gasteiger partial charge is 0.481 e. The van der Waals surface area contributed by atoms with Gasteiger partial charge in [-0.05, 0) is 121 Å². The van der Waals surface area contributed by atoms with Crippen LogP contribution in [0.25, 0.3) is 20.9 Å². The van der Waals surface area contributed by atoms with E-state index in [2.05, 4.69) is 119 Å². The van der Waals surface area contributed by atoms with Gasteiger partial charge in [-0.15, -0.1) is 22.7 Å². The Kier molecular flexibility index (Phi) is 42.2. The molecule has 0 unspecified atom stereocenters. The fourth-order valence-corrected chi connectivity index (χ4v) is 20.5. The second kappa shape index (κ2) is 54.6. The van der Waals surface area contributed by atoms with Crippen LogP contribution >= 0.6 is 22.7 Å². The molecule has 4 aromatic heterocycles. The van der Waals surface area contributed by atoms with Crippen molar-refractivity contribution >= 4 is 93.2 Å². The first-order valence-electron chi connectivity index (χ1n) is 51.1. The van der Waals surface area contributed by atoms with Crippen molar-refractivity contribution in [3.63, 3.8) is 0 Å². The van der Waals surface area contributed by atoms with Crippen LogP contribution in [0.1, 0.15) is 261 Å². The molecule has 143 heavy (non-hydrogen) atoms. The van der Waals surface area contributed by atoms with Crippen molar-refractivity contribution in [2.75, 3.05) is 76.1 Å². The van der Waals surface area contributed by atoms with Gasteiger partial charge in [-0.1, -0.05) is 203 Å². The number of nitrogens with one attached hydrogen (secondary N) is 7. The number of benzene rings is 4. The molecule has 8 atom stereocenters. The smallest absolute Gasteiger partial charge is 0.303 e. The van der Waals surface area contributed by atoms with Gasteiger partial charge >= 0.3 is 5.97 Å². The average molecular weight is 2000 g/mol. The summed E-state index contributed by atoms with van der Waals surface area (Å²) >= 11 is 3.16. The summed E-state index contributed by atoms with van der Waals surface area (Å²) in [6.45, 7) is 23.4. The lowest BCUT2D eigenvalue weighted by molar-refractivity contribution is -0.144. The second-order valence-corrected chi connectivity index (χ2v) is 42.9. The summed E-state index contributed by atoms with van der Waals surface area (Å²) in [5, 5.41) is 72.4. The van der Waals surface area contributed by atoms with E-state index in [1.807, 2.05) is 126 Å². The van der Waals surface area contributed by atoms with Crippen molar-refractivity contribution in [3.05, 3.63) is 189 Å². The summed E-state index contributed by atoms with van der Waals surface area (Å²) in [7, 11) is 0. The topological polar surface area (TPSA) is 450 Å². The zero-order chi connectivity index (χ0) is 102. The van der Waals surface area contributed by atoms with Gasteiger partial charge in [0.25, 0.3) is 0 Å². The number of anilines is 2. The van der Waals surface area contributed by atoms with Gasteiger partial charge in [-0.25, -0.2) is 29.9 Å². The van der Waals surface area contributed by atoms with E-state index >= 15 is 0 Å². The van der Waals surface area contributed by atoms with Crippen molar-refractivity contribution in [2.45, 2.75) is 309 Å². The number of nitrogens with zero attached hydrogens (tertiary/aromatic N) is 11. The van der Waals surface area contributed by atoms with E-state index in [0.717, 1.165) is 166 Å². The Morgan fingerprint density at radius 3 is 1.22 bits per heavy atom. The zero-order valence-electron chi connectivity index (χ0n) is 84.3. The molecule has 0 spiro atoms. The quantitative estimate of drug-likeness (QED) is 0.0124. The number of fused-ring (bicyclic) bond motifs is 2. The van der Waals surface area contributed by atoms with Crippen molar-refractivity contribution in [1.82, 2.24) is 81.0 Å². The highest BCUT2D eigenvalue weighted by molar-refractivity contribution is 7.13. The van der Waals surface area contributed by atoms with Gasteiger partial charge in [0.1, 0.15) is 59.8 Å². The van der Waals surface area contributed by atoms with Crippen LogP contribution in [0.15, 0.2) is 133 Å². The fraction of sp³-hybridized carbons (Fsp3) is 0.556. The van der Waals surface area contributed by atoms with Crippen LogP contribution in [0.4, 0.5) is 11.6 Å². The molecule has 0 saturated carbocycles. The standard InChI is InChI=1S/C54H73N9O7S.C33H48N4O6S.C21H27N5O2/c1-36-50(71-35-58-36)39-20-18-37(19-21-39)28-55-52(69)45-26-43(65)33-63(45)53(70)51(54(2,3)4)60-48(67)16-10-8-6-5-7-9-11-17-49(68)62-30-41(31-62)59-47-27-44(56-34-57-47)46(66)23-22-42(64)32-61-25-24-38-14-12-13-15-40(38)29-61;1-22-29(44-21-35-22)24-16-14-23(15-17-24)19-34-31(42)26-18-25(38)20-37(26)32(43)30(33(2,3)4)36-27(39)12-10-8-6-5-7-9-11-13-28(40)41;27-18(13-26-8-7-15-3-1-2-4-16(15)12-26)5-6-20(28)19-9-21(24-14-23-19)25-17-10-22-11-17/h12-15,18-21,27,34-35,41-43,45,51,64-65H,5-11,16-17,22-26,28-33H2,1-4H3,(H,55,69)(H,60,67)(H,56,57,59);14-17,21,25-26,30,38H,5-13,18-20H2,1-4H3,(H,34,42)(H,36,39)(H,40,41);1-4,9,14,17-18,22,27H,5-8,10-13H2,(H,23,24,25)/t42-,43+,45-,51+;25-,26+,30-;18-/m010/s1. The first kappa shape index (κ1) is 111. The number of aliphatic hydroxyl groups is 4. The Balaban J connectivity index is 0.000000214. The minimum absolute atomic E-state index is 0.0225. The van der Waals surface area contributed by atoms with Gasteiger partial charge in [0.05, 0.1) is 68.7 Å². The number of carbonyl (C=O) groups is 10. The van der Waals surface area contributed by atoms with Crippen LogP contribution < -0.4 is 37.2 Å². The van der Waals surface area contributed by atoms with Crippen molar-refractivity contribution in [1.29, 1.82) is 0 Å². The molecule has 6 aliphatic heterocycles. The number of aliphatic carboxylic acids is 1. The molecule has 10 heterocycles. The van der Waals surface area contributed by atoms with E-state index in [4.69, 9.17) is 5.11 Å². The Morgan fingerprint density at radius 2 is 0.846 bits per heavy atom. The SMILES string of the molecule is Cc1ncsc1-c1ccc(CNC(=O)[C@@H]2C[C@@H](O)CN2C(=O)[C@@H](NC(=O)CCCCCCCCCC(=O)N2CC(Nc3cc(C(=O)CC[C@H](O)CN4CCc5ccccc5C4)ncn3)C2)C(C)(C)C)cc1.Cc1ncsc1-c1ccc(CNC(=O)[C@@H]2C[C@@H](O)CN2C(=O)[C@@H](NC(=O)CCCCCCCCCC(=O)O)C(C)(C)C)cc1.O=C(CC[C@H](O)CN1CCc2ccccc2C1)c1cc(NC2CNC2)ncn1. The average Bonchev–Trinajstić information content (AvgIpc) is 1.65. The summed E-state index contributed by atoms with van der Waals surface area (Å²) in [6.07, 6.45) is 17.2. The summed E-state index contributed by atoms with van der Waals surface area (Å²) in [4.78, 5) is 166. The summed E-state index contributed by atoms with van der Waals surface area (Å²) in [5.74, 6) is -1.44. The first-order chi connectivity index (χ1) is 68.6. The van der Waals surface area contributed by atoms with Gasteiger partial charge < -0.3 is 77.4 Å². The molecular formula is C108H148N18O15S2. The van der Waals surface area contributed by atoms with Crippen molar-refractivity contribution in [2.24, 2.45) is 10.8 Å². The lowest BCUT2D eigenvalue weighted by Gasteiger charge is -2.40. The zero-order valence-corrected chi connectivity index (χ0v) is 85.9. The van der Waals surface area contributed by atoms with E-state index in [1.54, 1.807) is 34.8 Å². The van der Waals surface area contributed by atoms with E-state index in [9.17, 15) is 68.4 Å². The number of hydrogen-bond acceptors (Lipinski definition) is 27. The van der Waals surface area contributed by atoms with Crippen LogP contribution in [-0.4, -0.2) is 265 Å². The summed E-state index contributed by atoms with van der Waals surface area (Å²) in [5.41, 5.74) is 14.4. The highest BCUT2D eigenvalue weighted by atomic mass is 32.1. The van der Waals surface area contributed by atoms with Crippen LogP contribution in [0, 0.1) is 24.7 Å². The highest BCUT2D eigenvalue weighted by Gasteiger charge is 2.47. The number of likely N-dealkylation sites (tertiary alicyclic amines) is 3. The second-order valence-electron chi connectivity index (χ2n) is 41.2. The number of carboxylic acid groups (broad SMARTS) is 1. The number of unbranched alkanes of at least 4 members (excludes halogenated alkanes) is 12. The van der Waals surface area contributed by atoms with E-state index < -0.39 is 65.4 Å². The van der Waals surface area contributed by atoms with Crippen LogP contribution in [-0.2, 0) is 77.4 Å². The Bertz CT molecular complexity index is 5510. The Labute approximate surface area is 848 Å². The molecule has 35 heteroatoms. The Hall–Kier alpha value is -11.3. The number of hydrogen-bond donors (Lipinski definition) is 12. The molecule has 4 aromatic carbocycles. The third-order valence-electron chi connectivity index (χ3n) is 27.4. The number of aromatic nitrogens is 6. The first-order valence-corrected chi connectivity index (χ1v) is 52.9. The number of ketones is 2. The number of amides is 7. The lowest BCUT2D eigenvalue weighted by atomic mass is 9.85. The third kappa shape index (κ3) is 34.5. The molecule has 6 aliphatic rings. The predicted octanol–water partition coefficient (Wildman–Crippen LogP) is 12.3. The molecule has 772 valence electrons. The van der Waals surface area contributed by atoms with Crippen LogP contribution in [0.2, 0.25) is 0 Å². The molecule has 8 aromatic rings. The van der Waals surface area contributed by atoms with E-state index in [1.165, 1.54) is 44.7 Å². The Morgan fingerprint density at radius 1 is 0.462 bits per heavy atom. The molecule has 4 saturated heterocycles. The third-order valence-corrected chi connectivity index (χ3v) is 29.4. The number of thiazole rings is 2. The van der Waals surface area contributed by atoms with E-state index in [0.29, 0.717) is 100 Å².